The van der Waals surface area contributed by atoms with E-state index >= 15 is 0 Å². The molecule has 2 aliphatic rings. The normalized spacial score (nSPS) is 26.8. The molecule has 1 saturated heterocycles. The van der Waals surface area contributed by atoms with Crippen LogP contribution in [0.25, 0.3) is 0 Å². The minimum absolute atomic E-state index is 0.446. The van der Waals surface area contributed by atoms with E-state index in [2.05, 4.69) is 13.0 Å². The molecule has 0 N–H and O–H groups in total. The summed E-state index contributed by atoms with van der Waals surface area (Å²) in [7, 11) is 0. The molecule has 0 aromatic heterocycles. The van der Waals surface area contributed by atoms with Gasteiger partial charge in [0.1, 0.15) is 11.8 Å². The molecular formula is C8H8N2S2. The first-order chi connectivity index (χ1) is 5.77. The lowest BCUT2D eigenvalue weighted by Gasteiger charge is -2.36. The number of allylic oxidation sites excluding steroid dienone is 2. The number of thiocarbonyl (C=S) groups is 1. The summed E-state index contributed by atoms with van der Waals surface area (Å²) in [5, 5.41) is 9.33. The van der Waals surface area contributed by atoms with E-state index in [1.807, 2.05) is 4.90 Å². The Kier molecular flexibility index (Phi) is 1.85. The number of rotatable bonds is 1. The van der Waals surface area contributed by atoms with Crippen molar-refractivity contribution in [2.45, 2.75) is 25.1 Å². The highest BCUT2D eigenvalue weighted by Crippen LogP contribution is 2.47. The Balaban J connectivity index is 2.32. The summed E-state index contributed by atoms with van der Waals surface area (Å²) < 4.78 is 0. The molecule has 1 fully saturated rings. The Morgan fingerprint density at radius 3 is 3.08 bits per heavy atom. The largest absolute Gasteiger partial charge is 0.313 e. The third-order valence-electron chi connectivity index (χ3n) is 2.12. The molecule has 2 rings (SSSR count). The van der Waals surface area contributed by atoms with E-state index in [0.717, 1.165) is 23.5 Å². The van der Waals surface area contributed by atoms with Crippen LogP contribution in [0.3, 0.4) is 0 Å². The molecule has 0 aromatic rings. The van der Waals surface area contributed by atoms with Gasteiger partial charge in [0.25, 0.3) is 0 Å². The monoisotopic (exact) mass is 196 g/mol. The molecule has 0 aliphatic carbocycles. The first-order valence-electron chi connectivity index (χ1n) is 3.90. The van der Waals surface area contributed by atoms with Crippen LogP contribution in [0.15, 0.2) is 10.6 Å². The zero-order chi connectivity index (χ0) is 8.72. The highest BCUT2D eigenvalue weighted by molar-refractivity contribution is 8.04. The molecule has 2 nitrogen and oxygen atoms in total. The molecule has 2 aliphatic heterocycles. The lowest BCUT2D eigenvalue weighted by molar-refractivity contribution is 0.438. The molecule has 0 unspecified atom stereocenters. The van der Waals surface area contributed by atoms with Gasteiger partial charge in [0.05, 0.1) is 10.4 Å². The molecular weight excluding hydrogens is 188 g/mol. The number of hydrogen-bond donors (Lipinski definition) is 0. The highest BCUT2D eigenvalue weighted by atomic mass is 32.2. The van der Waals surface area contributed by atoms with E-state index in [1.165, 1.54) is 4.91 Å². The molecule has 1 atom stereocenters. The maximum absolute atomic E-state index is 8.88. The maximum atomic E-state index is 8.88. The lowest BCUT2D eigenvalue weighted by Crippen LogP contribution is -2.45. The molecule has 2 heterocycles. The van der Waals surface area contributed by atoms with Crippen LogP contribution in [0.2, 0.25) is 0 Å². The molecule has 0 spiro atoms. The van der Waals surface area contributed by atoms with Gasteiger partial charge in [-0.3, -0.25) is 0 Å². The summed E-state index contributed by atoms with van der Waals surface area (Å²) >= 11 is 6.89. The average Bonchev–Trinajstić information content (AvgIpc) is 2.36. The fourth-order valence-electron chi connectivity index (χ4n) is 1.47. The predicted molar refractivity (Wildman–Crippen MR) is 53.4 cm³/mol. The number of nitrogens with zero attached hydrogens (tertiary/aromatic N) is 2. The lowest BCUT2D eigenvalue weighted by atomic mass is 10.2. The van der Waals surface area contributed by atoms with Gasteiger partial charge in [0.2, 0.25) is 0 Å². The quantitative estimate of drug-likeness (QED) is 0.601. The van der Waals surface area contributed by atoms with Gasteiger partial charge >= 0.3 is 0 Å². The Labute approximate surface area is 81.2 Å². The van der Waals surface area contributed by atoms with Gasteiger partial charge in [-0.25, -0.2) is 0 Å². The average molecular weight is 196 g/mol. The van der Waals surface area contributed by atoms with Crippen molar-refractivity contribution >= 4 is 29.0 Å². The van der Waals surface area contributed by atoms with E-state index in [-0.39, 0.29) is 0 Å². The molecule has 12 heavy (non-hydrogen) atoms. The Morgan fingerprint density at radius 1 is 1.83 bits per heavy atom. The topological polar surface area (TPSA) is 27.0 Å². The molecule has 0 radical (unpaired) electrons. The molecule has 62 valence electrons. The molecule has 4 heteroatoms. The van der Waals surface area contributed by atoms with Crippen LogP contribution >= 0.6 is 24.0 Å². The minimum Gasteiger partial charge on any atom is -0.313 e. The number of hydrogen-bond acceptors (Lipinski definition) is 3. The minimum atomic E-state index is 0.446. The van der Waals surface area contributed by atoms with Crippen molar-refractivity contribution in [2.24, 2.45) is 0 Å². The standard InChI is InChI=1S/C8H8N2S2/c1-2-6-5(4-9)10-7(11)3-8(10)12-6/h8H,2-3H2,1H3/t8-/m1/s1. The van der Waals surface area contributed by atoms with Crippen molar-refractivity contribution in [3.05, 3.63) is 10.6 Å². The van der Waals surface area contributed by atoms with Gasteiger partial charge in [0.15, 0.2) is 0 Å². The third kappa shape index (κ3) is 0.900. The van der Waals surface area contributed by atoms with Gasteiger partial charge < -0.3 is 4.90 Å². The van der Waals surface area contributed by atoms with Gasteiger partial charge in [0, 0.05) is 11.3 Å². The van der Waals surface area contributed by atoms with E-state index in [0.29, 0.717) is 5.37 Å². The molecule has 0 saturated carbocycles. The van der Waals surface area contributed by atoms with Crippen LogP contribution < -0.4 is 0 Å². The first kappa shape index (κ1) is 8.09. The number of nitriles is 1. The van der Waals surface area contributed by atoms with Gasteiger partial charge in [-0.15, -0.1) is 11.8 Å². The van der Waals surface area contributed by atoms with Crippen LogP contribution in [0.4, 0.5) is 0 Å². The first-order valence-corrected chi connectivity index (χ1v) is 5.18. The van der Waals surface area contributed by atoms with Crippen molar-refractivity contribution in [1.82, 2.24) is 4.90 Å². The second-order valence-corrected chi connectivity index (χ2v) is 4.52. The van der Waals surface area contributed by atoms with Crippen molar-refractivity contribution < 1.29 is 0 Å². The fraction of sp³-hybridized carbons (Fsp3) is 0.500. The SMILES string of the molecule is CCC1=C(C#N)N2C(=S)C[C@H]2S1. The summed E-state index contributed by atoms with van der Waals surface area (Å²) in [4.78, 5) is 4.11. The highest BCUT2D eigenvalue weighted by Gasteiger charge is 2.42. The zero-order valence-corrected chi connectivity index (χ0v) is 8.34. The van der Waals surface area contributed by atoms with Crippen LogP contribution in [0.5, 0.6) is 0 Å². The second kappa shape index (κ2) is 2.75. The molecule has 0 bridgehead atoms. The summed E-state index contributed by atoms with van der Waals surface area (Å²) in [5.74, 6) is 0. The Morgan fingerprint density at radius 2 is 2.58 bits per heavy atom. The van der Waals surface area contributed by atoms with Crippen molar-refractivity contribution in [2.75, 3.05) is 0 Å². The van der Waals surface area contributed by atoms with Gasteiger partial charge in [-0.1, -0.05) is 19.1 Å². The number of fused-ring (bicyclic) bond motifs is 1. The van der Waals surface area contributed by atoms with E-state index in [1.54, 1.807) is 11.8 Å². The summed E-state index contributed by atoms with van der Waals surface area (Å²) in [5.41, 5.74) is 0.795. The van der Waals surface area contributed by atoms with Crippen LogP contribution in [0, 0.1) is 11.3 Å². The third-order valence-corrected chi connectivity index (χ3v) is 3.90. The maximum Gasteiger partial charge on any atom is 0.131 e. The van der Waals surface area contributed by atoms with Crippen LogP contribution in [-0.4, -0.2) is 15.3 Å². The van der Waals surface area contributed by atoms with E-state index < -0.39 is 0 Å². The van der Waals surface area contributed by atoms with E-state index in [4.69, 9.17) is 17.5 Å². The summed E-state index contributed by atoms with van der Waals surface area (Å²) in [6.45, 7) is 2.08. The van der Waals surface area contributed by atoms with Gasteiger partial charge in [-0.2, -0.15) is 5.26 Å². The zero-order valence-electron chi connectivity index (χ0n) is 6.70. The molecule has 0 amide bonds. The number of thioether (sulfide) groups is 1. The van der Waals surface area contributed by atoms with Crippen molar-refractivity contribution in [3.63, 3.8) is 0 Å². The van der Waals surface area contributed by atoms with Crippen molar-refractivity contribution in [1.29, 1.82) is 5.26 Å². The van der Waals surface area contributed by atoms with Crippen LogP contribution in [-0.2, 0) is 0 Å². The fourth-order valence-corrected chi connectivity index (χ4v) is 3.35. The Hall–Kier alpha value is -0.530. The predicted octanol–water partition coefficient (Wildman–Crippen LogP) is 2.24. The smallest absolute Gasteiger partial charge is 0.131 e. The van der Waals surface area contributed by atoms with Gasteiger partial charge in [-0.05, 0) is 6.42 Å². The Bertz CT molecular complexity index is 314. The van der Waals surface area contributed by atoms with Crippen molar-refractivity contribution in [3.8, 4) is 6.07 Å². The summed E-state index contributed by atoms with van der Waals surface area (Å²) in [6, 6.07) is 2.22. The second-order valence-electron chi connectivity index (χ2n) is 2.78. The summed E-state index contributed by atoms with van der Waals surface area (Å²) in [6.07, 6.45) is 1.91. The van der Waals surface area contributed by atoms with E-state index in [9.17, 15) is 0 Å². The molecule has 0 aromatic carbocycles. The van der Waals surface area contributed by atoms with Crippen LogP contribution in [0.1, 0.15) is 19.8 Å².